The number of nitrogens with zero attached hydrogens (tertiary/aromatic N) is 3. The minimum Gasteiger partial charge on any atom is -0.451 e. The quantitative estimate of drug-likeness (QED) is 0.593. The fourth-order valence-electron chi connectivity index (χ4n) is 2.72. The zero-order valence-electron chi connectivity index (χ0n) is 16.4. The molecule has 1 aromatic carbocycles. The zero-order valence-corrected chi connectivity index (χ0v) is 18.0. The maximum atomic E-state index is 12.8. The highest BCUT2D eigenvalue weighted by Crippen LogP contribution is 2.28. The molecule has 1 N–H and O–H groups in total. The van der Waals surface area contributed by atoms with E-state index in [1.807, 2.05) is 0 Å². The number of aryl methyl sites for hydroxylation is 1. The number of sulfonamides is 1. The summed E-state index contributed by atoms with van der Waals surface area (Å²) in [5, 5.41) is 6.19. The van der Waals surface area contributed by atoms with Crippen molar-refractivity contribution >= 4 is 39.2 Å². The van der Waals surface area contributed by atoms with Gasteiger partial charge in [-0.25, -0.2) is 17.9 Å². The van der Waals surface area contributed by atoms with Crippen molar-refractivity contribution in [1.29, 1.82) is 0 Å². The number of nitrogens with one attached hydrogen (secondary N) is 1. The number of hydrogen-bond donors (Lipinski definition) is 1. The van der Waals surface area contributed by atoms with E-state index in [2.05, 4.69) is 10.4 Å². The van der Waals surface area contributed by atoms with E-state index in [1.165, 1.54) is 35.6 Å². The summed E-state index contributed by atoms with van der Waals surface area (Å²) in [5.74, 6) is -1.59. The molecule has 1 fully saturated rings. The average Bonchev–Trinajstić information content (AvgIpc) is 2.75. The lowest BCUT2D eigenvalue weighted by molar-refractivity contribution is -0.119. The number of hydrogen-bond acceptors (Lipinski definition) is 8. The van der Waals surface area contributed by atoms with Gasteiger partial charge in [0.15, 0.2) is 12.3 Å². The van der Waals surface area contributed by atoms with Crippen molar-refractivity contribution in [3.8, 4) is 0 Å². The third-order valence-electron chi connectivity index (χ3n) is 4.31. The van der Waals surface area contributed by atoms with Crippen LogP contribution in [0.5, 0.6) is 0 Å². The third-order valence-corrected chi connectivity index (χ3v) is 6.69. The van der Waals surface area contributed by atoms with Gasteiger partial charge in [-0.2, -0.15) is 9.40 Å². The number of benzene rings is 1. The van der Waals surface area contributed by atoms with Gasteiger partial charge in [0.25, 0.3) is 11.5 Å². The number of carbonyl (C=O) groups is 2. The lowest BCUT2D eigenvalue weighted by atomic mass is 10.3. The lowest BCUT2D eigenvalue weighted by Crippen LogP contribution is -2.40. The molecule has 31 heavy (non-hydrogen) atoms. The molecule has 13 heteroatoms. The van der Waals surface area contributed by atoms with Crippen LogP contribution in [0.3, 0.4) is 0 Å². The molecule has 0 radical (unpaired) electrons. The van der Waals surface area contributed by atoms with Crippen LogP contribution in [0.15, 0.2) is 40.0 Å². The SMILES string of the molecule is Cn1nc(C(=O)OCC(=O)Nc2ccc(Cl)c(S(=O)(=O)N3CCOCC3)c2)ccc1=O. The van der Waals surface area contributed by atoms with Gasteiger partial charge in [-0.15, -0.1) is 0 Å². The fraction of sp³-hybridized carbons (Fsp3) is 0.333. The van der Waals surface area contributed by atoms with Crippen molar-refractivity contribution in [2.75, 3.05) is 38.2 Å². The summed E-state index contributed by atoms with van der Waals surface area (Å²) in [6.45, 7) is 0.318. The maximum Gasteiger partial charge on any atom is 0.359 e. The van der Waals surface area contributed by atoms with Gasteiger partial charge in [-0.1, -0.05) is 11.6 Å². The van der Waals surface area contributed by atoms with Gasteiger partial charge in [0.2, 0.25) is 10.0 Å². The summed E-state index contributed by atoms with van der Waals surface area (Å²) in [6.07, 6.45) is 0. The number of rotatable bonds is 6. The van der Waals surface area contributed by atoms with Gasteiger partial charge < -0.3 is 14.8 Å². The highest BCUT2D eigenvalue weighted by Gasteiger charge is 2.28. The first-order valence-electron chi connectivity index (χ1n) is 9.07. The van der Waals surface area contributed by atoms with Crippen molar-refractivity contribution in [2.45, 2.75) is 4.90 Å². The Hall–Kier alpha value is -2.80. The third kappa shape index (κ3) is 5.47. The Bertz CT molecular complexity index is 1160. The Balaban J connectivity index is 1.66. The maximum absolute atomic E-state index is 12.8. The zero-order chi connectivity index (χ0) is 22.6. The van der Waals surface area contributed by atoms with E-state index >= 15 is 0 Å². The summed E-state index contributed by atoms with van der Waals surface area (Å²) < 4.78 is 37.9. The molecule has 0 bridgehead atoms. The Labute approximate surface area is 182 Å². The Morgan fingerprint density at radius 3 is 2.61 bits per heavy atom. The molecule has 0 saturated carbocycles. The largest absolute Gasteiger partial charge is 0.451 e. The van der Waals surface area contributed by atoms with Gasteiger partial charge in [-0.05, 0) is 24.3 Å². The van der Waals surface area contributed by atoms with Crippen molar-refractivity contribution in [1.82, 2.24) is 14.1 Å². The first-order valence-corrected chi connectivity index (χ1v) is 10.9. The van der Waals surface area contributed by atoms with Crippen LogP contribution in [-0.4, -0.2) is 67.3 Å². The molecule has 11 nitrogen and oxygen atoms in total. The monoisotopic (exact) mass is 470 g/mol. The summed E-state index contributed by atoms with van der Waals surface area (Å²) in [5.41, 5.74) is -0.377. The Morgan fingerprint density at radius 1 is 1.23 bits per heavy atom. The molecule has 0 spiro atoms. The van der Waals surface area contributed by atoms with Gasteiger partial charge >= 0.3 is 5.97 Å². The predicted octanol–water partition coefficient (Wildman–Crippen LogP) is 0.250. The van der Waals surface area contributed by atoms with Gasteiger partial charge in [0.05, 0.1) is 18.2 Å². The molecule has 0 unspecified atom stereocenters. The summed E-state index contributed by atoms with van der Waals surface area (Å²) in [7, 11) is -2.50. The Morgan fingerprint density at radius 2 is 1.94 bits per heavy atom. The topological polar surface area (TPSA) is 137 Å². The van der Waals surface area contributed by atoms with E-state index in [1.54, 1.807) is 0 Å². The summed E-state index contributed by atoms with van der Waals surface area (Å²) >= 11 is 6.08. The molecule has 166 valence electrons. The van der Waals surface area contributed by atoms with E-state index in [0.29, 0.717) is 0 Å². The average molecular weight is 471 g/mol. The van der Waals surface area contributed by atoms with E-state index in [0.717, 1.165) is 10.7 Å². The normalized spacial score (nSPS) is 14.8. The summed E-state index contributed by atoms with van der Waals surface area (Å²) in [4.78, 5) is 35.3. The van der Waals surface area contributed by atoms with Crippen LogP contribution in [-0.2, 0) is 31.3 Å². The second-order valence-corrected chi connectivity index (χ2v) is 8.78. The van der Waals surface area contributed by atoms with Crippen LogP contribution in [0.2, 0.25) is 5.02 Å². The molecule has 1 aromatic heterocycles. The molecule has 1 aliphatic rings. The van der Waals surface area contributed by atoms with E-state index in [4.69, 9.17) is 21.1 Å². The van der Waals surface area contributed by atoms with Gasteiger partial charge in [-0.3, -0.25) is 9.59 Å². The first-order chi connectivity index (χ1) is 14.7. The number of aromatic nitrogens is 2. The van der Waals surface area contributed by atoms with Crippen molar-refractivity contribution in [3.63, 3.8) is 0 Å². The van der Waals surface area contributed by atoms with Crippen molar-refractivity contribution in [3.05, 3.63) is 51.4 Å². The highest BCUT2D eigenvalue weighted by atomic mass is 35.5. The fourth-order valence-corrected chi connectivity index (χ4v) is 4.63. The van der Waals surface area contributed by atoms with Crippen molar-refractivity contribution < 1.29 is 27.5 Å². The van der Waals surface area contributed by atoms with E-state index < -0.39 is 34.1 Å². The standard InChI is InChI=1S/C18H19ClN4O7S/c1-22-17(25)5-4-14(21-22)18(26)30-11-16(24)20-12-2-3-13(19)15(10-12)31(27,28)23-6-8-29-9-7-23/h2-5,10H,6-9,11H2,1H3,(H,20,24). The second-order valence-electron chi connectivity index (χ2n) is 6.47. The van der Waals surface area contributed by atoms with Crippen LogP contribution in [0.25, 0.3) is 0 Å². The van der Waals surface area contributed by atoms with Crippen molar-refractivity contribution in [2.24, 2.45) is 7.05 Å². The molecule has 0 atom stereocenters. The molecule has 1 saturated heterocycles. The first kappa shape index (κ1) is 22.9. The highest BCUT2D eigenvalue weighted by molar-refractivity contribution is 7.89. The molecule has 1 amide bonds. The van der Waals surface area contributed by atoms with E-state index in [9.17, 15) is 22.8 Å². The number of ether oxygens (including phenoxy) is 2. The van der Waals surface area contributed by atoms with Crippen LogP contribution in [0, 0.1) is 0 Å². The number of carbonyl (C=O) groups excluding carboxylic acids is 2. The molecule has 3 rings (SSSR count). The van der Waals surface area contributed by atoms with Crippen LogP contribution in [0.1, 0.15) is 10.5 Å². The smallest absolute Gasteiger partial charge is 0.359 e. The van der Waals surface area contributed by atoms with Gasteiger partial charge in [0.1, 0.15) is 4.90 Å². The Kier molecular flexibility index (Phi) is 7.05. The minimum atomic E-state index is -3.87. The number of morpholine rings is 1. The number of esters is 1. The van der Waals surface area contributed by atoms with Crippen LogP contribution < -0.4 is 10.9 Å². The second kappa shape index (κ2) is 9.56. The number of halogens is 1. The molecule has 2 heterocycles. The molecule has 0 aliphatic carbocycles. The molecular weight excluding hydrogens is 452 g/mol. The summed E-state index contributed by atoms with van der Waals surface area (Å²) in [6, 6.07) is 6.35. The van der Waals surface area contributed by atoms with Crippen LogP contribution in [0.4, 0.5) is 5.69 Å². The minimum absolute atomic E-state index is 0.0108. The number of anilines is 1. The lowest BCUT2D eigenvalue weighted by Gasteiger charge is -2.26. The molecule has 1 aliphatic heterocycles. The van der Waals surface area contributed by atoms with Crippen LogP contribution >= 0.6 is 11.6 Å². The van der Waals surface area contributed by atoms with E-state index in [-0.39, 0.29) is 47.6 Å². The predicted molar refractivity (Wildman–Crippen MR) is 109 cm³/mol. The molecule has 2 aromatic rings. The number of amides is 1. The van der Waals surface area contributed by atoms with Gasteiger partial charge in [0, 0.05) is 31.9 Å². The molecular formula is C18H19ClN4O7S.